The maximum absolute atomic E-state index is 12.0. The summed E-state index contributed by atoms with van der Waals surface area (Å²) in [5.74, 6) is 1.34. The molecule has 4 rings (SSSR count). The molecule has 0 aromatic carbocycles. The molecule has 4 unspecified atom stereocenters. The van der Waals surface area contributed by atoms with Gasteiger partial charge in [-0.15, -0.1) is 0 Å². The molecule has 12 nitrogen and oxygen atoms in total. The molecule has 0 radical (unpaired) electrons. The molecule has 12 heteroatoms. The van der Waals surface area contributed by atoms with E-state index in [1.165, 1.54) is 0 Å². The molecule has 0 bridgehead atoms. The Labute approximate surface area is 225 Å². The number of amides is 5. The molecule has 2 saturated carbocycles. The Morgan fingerprint density at radius 2 is 1.26 bits per heavy atom. The molecule has 2 saturated heterocycles. The summed E-state index contributed by atoms with van der Waals surface area (Å²) in [5.41, 5.74) is 7.76. The molecule has 5 amide bonds. The van der Waals surface area contributed by atoms with Gasteiger partial charge in [-0.2, -0.15) is 4.99 Å². The third kappa shape index (κ3) is 5.81. The van der Waals surface area contributed by atoms with Gasteiger partial charge in [0.15, 0.2) is 0 Å². The largest absolute Gasteiger partial charge is 0.331 e. The van der Waals surface area contributed by atoms with Gasteiger partial charge in [0, 0.05) is 64.7 Å². The fourth-order valence-corrected chi connectivity index (χ4v) is 7.14. The molecule has 2 aliphatic carbocycles. The summed E-state index contributed by atoms with van der Waals surface area (Å²) in [6.07, 6.45) is 6.59. The van der Waals surface area contributed by atoms with Gasteiger partial charge in [-0.1, -0.05) is 13.8 Å². The SMILES string of the molecule is CCC1(C(=O)N=[N+]=[N-])CC2CN(C(=O)N(C)C)CC2C1.CCC1(N=C=O)CC2CN(C(=O)N(C)C)CC2C1. The maximum Gasteiger partial charge on any atom is 0.319 e. The van der Waals surface area contributed by atoms with Crippen molar-refractivity contribution in [1.29, 1.82) is 0 Å². The van der Waals surface area contributed by atoms with Crippen LogP contribution < -0.4 is 0 Å². The van der Waals surface area contributed by atoms with Gasteiger partial charge >= 0.3 is 12.1 Å². The topological polar surface area (TPSA) is 142 Å². The number of likely N-dealkylation sites (tertiary alicyclic amines) is 2. The van der Waals surface area contributed by atoms with Gasteiger partial charge in [0.2, 0.25) is 12.0 Å². The number of fused-ring (bicyclic) bond motifs is 2. The summed E-state index contributed by atoms with van der Waals surface area (Å²) in [6, 6.07) is 0.119. The van der Waals surface area contributed by atoms with Crippen molar-refractivity contribution in [3.63, 3.8) is 0 Å². The van der Waals surface area contributed by atoms with Gasteiger partial charge in [-0.3, -0.25) is 4.79 Å². The first-order chi connectivity index (χ1) is 17.9. The van der Waals surface area contributed by atoms with Crippen molar-refractivity contribution >= 4 is 24.0 Å². The number of rotatable bonds is 4. The van der Waals surface area contributed by atoms with Crippen molar-refractivity contribution in [2.24, 2.45) is 39.2 Å². The van der Waals surface area contributed by atoms with Crippen LogP contribution in [0.1, 0.15) is 52.4 Å². The Morgan fingerprint density at radius 3 is 1.58 bits per heavy atom. The number of azide groups is 1. The average Bonchev–Trinajstić information content (AvgIpc) is 3.61. The van der Waals surface area contributed by atoms with Gasteiger partial charge in [-0.25, -0.2) is 14.4 Å². The lowest BCUT2D eigenvalue weighted by molar-refractivity contribution is -0.127. The fraction of sp³-hybridized carbons (Fsp3) is 0.846. The van der Waals surface area contributed by atoms with Crippen molar-refractivity contribution in [2.45, 2.75) is 57.9 Å². The number of isocyanates is 1. The van der Waals surface area contributed by atoms with Crippen molar-refractivity contribution in [1.82, 2.24) is 19.6 Å². The number of urea groups is 2. The number of hydrogen-bond donors (Lipinski definition) is 0. The molecule has 210 valence electrons. The second kappa shape index (κ2) is 11.7. The standard InChI is InChI=1S/C13H21N5O2.C13H21N3O2/c1-4-13(11(19)15-16-14)5-9-7-18(8-10(9)6-13)12(20)17(2)3;1-4-13(14-9-17)5-10-7-16(8-11(10)6-13)12(18)15(2)3/h9-10H,4-8H2,1-3H3;10-11H,4-8H2,1-3H3. The first-order valence-electron chi connectivity index (χ1n) is 13.6. The predicted molar refractivity (Wildman–Crippen MR) is 142 cm³/mol. The predicted octanol–water partition coefficient (Wildman–Crippen LogP) is 3.74. The van der Waals surface area contributed by atoms with E-state index in [2.05, 4.69) is 21.9 Å². The zero-order chi connectivity index (χ0) is 28.3. The third-order valence-corrected chi connectivity index (χ3v) is 9.26. The van der Waals surface area contributed by atoms with Crippen LogP contribution in [0, 0.1) is 29.1 Å². The number of carbonyl (C=O) groups excluding carboxylic acids is 4. The Bertz CT molecular complexity index is 989. The fourth-order valence-electron chi connectivity index (χ4n) is 7.14. The Hall–Kier alpha value is -3.10. The molecular weight excluding hydrogens is 488 g/mol. The first-order valence-corrected chi connectivity index (χ1v) is 13.6. The minimum absolute atomic E-state index is 0.0304. The zero-order valence-corrected chi connectivity index (χ0v) is 23.6. The van der Waals surface area contributed by atoms with Crippen LogP contribution in [0.2, 0.25) is 0 Å². The highest BCUT2D eigenvalue weighted by Crippen LogP contribution is 2.52. The minimum atomic E-state index is -0.505. The average molecular weight is 531 g/mol. The van der Waals surface area contributed by atoms with Crippen molar-refractivity contribution in [2.75, 3.05) is 54.4 Å². The van der Waals surface area contributed by atoms with Crippen LogP contribution in [0.3, 0.4) is 0 Å². The Morgan fingerprint density at radius 1 is 0.842 bits per heavy atom. The van der Waals surface area contributed by atoms with Crippen molar-refractivity contribution in [3.05, 3.63) is 10.4 Å². The van der Waals surface area contributed by atoms with Crippen molar-refractivity contribution < 1.29 is 19.2 Å². The Kier molecular flexibility index (Phi) is 9.10. The van der Waals surface area contributed by atoms with Gasteiger partial charge in [0.05, 0.1) is 5.54 Å². The summed E-state index contributed by atoms with van der Waals surface area (Å²) in [4.78, 5) is 60.1. The maximum atomic E-state index is 12.0. The highest BCUT2D eigenvalue weighted by Gasteiger charge is 2.52. The number of nitrogens with zero attached hydrogens (tertiary/aromatic N) is 8. The molecule has 38 heavy (non-hydrogen) atoms. The van der Waals surface area contributed by atoms with Gasteiger partial charge < -0.3 is 19.6 Å². The number of carbonyl (C=O) groups is 3. The lowest BCUT2D eigenvalue weighted by Crippen LogP contribution is -2.39. The Balaban J connectivity index is 0.000000212. The highest BCUT2D eigenvalue weighted by molar-refractivity contribution is 5.84. The van der Waals surface area contributed by atoms with E-state index in [1.807, 2.05) is 16.7 Å². The zero-order valence-electron chi connectivity index (χ0n) is 23.6. The van der Waals surface area contributed by atoms with Crippen LogP contribution in [0.15, 0.2) is 10.1 Å². The van der Waals surface area contributed by atoms with Crippen LogP contribution >= 0.6 is 0 Å². The van der Waals surface area contributed by atoms with E-state index in [0.717, 1.165) is 45.2 Å². The van der Waals surface area contributed by atoms with E-state index in [9.17, 15) is 19.2 Å². The smallest absolute Gasteiger partial charge is 0.319 e. The lowest BCUT2D eigenvalue weighted by atomic mass is 9.81. The summed E-state index contributed by atoms with van der Waals surface area (Å²) in [5, 5.41) is 3.31. The monoisotopic (exact) mass is 530 g/mol. The molecule has 4 aliphatic rings. The van der Waals surface area contributed by atoms with E-state index >= 15 is 0 Å². The molecule has 4 fully saturated rings. The van der Waals surface area contributed by atoms with E-state index in [1.54, 1.807) is 44.1 Å². The molecule has 0 N–H and O–H groups in total. The van der Waals surface area contributed by atoms with Crippen LogP contribution in [0.5, 0.6) is 0 Å². The highest BCUT2D eigenvalue weighted by atomic mass is 16.2. The molecule has 4 atom stereocenters. The van der Waals surface area contributed by atoms with Crippen LogP contribution in [-0.4, -0.2) is 104 Å². The van der Waals surface area contributed by atoms with E-state index in [-0.39, 0.29) is 23.5 Å². The summed E-state index contributed by atoms with van der Waals surface area (Å²) in [6.45, 7) is 7.05. The van der Waals surface area contributed by atoms with Crippen LogP contribution in [0.4, 0.5) is 9.59 Å². The lowest BCUT2D eigenvalue weighted by Gasteiger charge is -2.28. The minimum Gasteiger partial charge on any atom is -0.331 e. The summed E-state index contributed by atoms with van der Waals surface area (Å²) in [7, 11) is 7.06. The molecule has 2 heterocycles. The quantitative estimate of drug-likeness (QED) is 0.179. The summed E-state index contributed by atoms with van der Waals surface area (Å²) < 4.78 is 0. The van der Waals surface area contributed by atoms with Crippen LogP contribution in [-0.2, 0) is 9.59 Å². The van der Waals surface area contributed by atoms with E-state index < -0.39 is 5.41 Å². The van der Waals surface area contributed by atoms with E-state index in [0.29, 0.717) is 43.2 Å². The molecule has 0 spiro atoms. The number of hydrogen-bond acceptors (Lipinski definition) is 5. The second-order valence-electron chi connectivity index (χ2n) is 11.9. The summed E-state index contributed by atoms with van der Waals surface area (Å²) >= 11 is 0. The number of aliphatic imine (C=N–C) groups is 1. The van der Waals surface area contributed by atoms with Gasteiger partial charge in [0.25, 0.3) is 0 Å². The van der Waals surface area contributed by atoms with Gasteiger partial charge in [0.1, 0.15) is 0 Å². The van der Waals surface area contributed by atoms with Crippen LogP contribution in [0.25, 0.3) is 10.4 Å². The first kappa shape index (κ1) is 29.5. The molecular formula is C26H42N8O4. The third-order valence-electron chi connectivity index (χ3n) is 9.26. The normalized spacial score (nSPS) is 32.8. The van der Waals surface area contributed by atoms with Gasteiger partial charge in [-0.05, 0) is 72.8 Å². The molecule has 2 aliphatic heterocycles. The second-order valence-corrected chi connectivity index (χ2v) is 11.9. The van der Waals surface area contributed by atoms with E-state index in [4.69, 9.17) is 5.53 Å². The molecule has 0 aromatic heterocycles. The molecule has 0 aromatic rings. The van der Waals surface area contributed by atoms with Crippen molar-refractivity contribution in [3.8, 4) is 0 Å².